The predicted octanol–water partition coefficient (Wildman–Crippen LogP) is 2.80. The highest BCUT2D eigenvalue weighted by atomic mass is 16.6. The quantitative estimate of drug-likeness (QED) is 0.733. The Hall–Kier alpha value is -1.18. The summed E-state index contributed by atoms with van der Waals surface area (Å²) in [6, 6.07) is 6.14. The van der Waals surface area contributed by atoms with Crippen LogP contribution in [0.25, 0.3) is 0 Å². The third-order valence-electron chi connectivity index (χ3n) is 2.45. The van der Waals surface area contributed by atoms with E-state index in [4.69, 9.17) is 9.47 Å². The Bertz CT molecular complexity index is 307. The predicted molar refractivity (Wildman–Crippen MR) is 56.0 cm³/mol. The largest absolute Gasteiger partial charge is 0.486 e. The molecule has 0 aromatic heterocycles. The molecule has 0 aliphatic carbocycles. The first-order chi connectivity index (χ1) is 6.92. The van der Waals surface area contributed by atoms with Crippen molar-refractivity contribution in [3.8, 4) is 11.5 Å². The lowest BCUT2D eigenvalue weighted by molar-refractivity contribution is 0.170. The lowest BCUT2D eigenvalue weighted by Crippen LogP contribution is -2.16. The van der Waals surface area contributed by atoms with Crippen molar-refractivity contribution >= 4 is 0 Å². The summed E-state index contributed by atoms with van der Waals surface area (Å²) >= 11 is 0. The smallest absolute Gasteiger partial charge is 0.164 e. The number of ether oxygens (including phenoxy) is 2. The van der Waals surface area contributed by atoms with E-state index in [0.29, 0.717) is 13.2 Å². The standard InChI is InChI=1S/C12H16O2/c1-2-3-5-10-6-4-7-11-12(10)14-9-8-13-11/h4,6-7H,2-3,5,8-9H2,1H3. The Morgan fingerprint density at radius 2 is 2.07 bits per heavy atom. The number of rotatable bonds is 3. The first-order valence-electron chi connectivity index (χ1n) is 5.29. The summed E-state index contributed by atoms with van der Waals surface area (Å²) in [5, 5.41) is 0. The summed E-state index contributed by atoms with van der Waals surface area (Å²) in [7, 11) is 0. The minimum Gasteiger partial charge on any atom is -0.486 e. The fraction of sp³-hybridized carbons (Fsp3) is 0.500. The van der Waals surface area contributed by atoms with Crippen LogP contribution in [0.2, 0.25) is 0 Å². The second kappa shape index (κ2) is 4.36. The van der Waals surface area contributed by atoms with Gasteiger partial charge < -0.3 is 9.47 Å². The van der Waals surface area contributed by atoms with Crippen molar-refractivity contribution in [1.29, 1.82) is 0 Å². The normalized spacial score (nSPS) is 14.1. The van der Waals surface area contributed by atoms with Crippen LogP contribution in [-0.2, 0) is 6.42 Å². The Balaban J connectivity index is 2.21. The van der Waals surface area contributed by atoms with Gasteiger partial charge in [0, 0.05) is 0 Å². The highest BCUT2D eigenvalue weighted by molar-refractivity contribution is 5.47. The molecule has 1 heterocycles. The number of aryl methyl sites for hydroxylation is 1. The van der Waals surface area contributed by atoms with Crippen LogP contribution < -0.4 is 9.47 Å². The molecule has 0 radical (unpaired) electrons. The van der Waals surface area contributed by atoms with Gasteiger partial charge in [0.15, 0.2) is 11.5 Å². The van der Waals surface area contributed by atoms with Crippen LogP contribution in [0.4, 0.5) is 0 Å². The molecule has 0 saturated carbocycles. The molecule has 2 heteroatoms. The molecule has 2 rings (SSSR count). The third-order valence-corrected chi connectivity index (χ3v) is 2.45. The number of unbranched alkanes of at least 4 members (excludes halogenated alkanes) is 1. The number of para-hydroxylation sites is 1. The van der Waals surface area contributed by atoms with Crippen molar-refractivity contribution < 1.29 is 9.47 Å². The highest BCUT2D eigenvalue weighted by Crippen LogP contribution is 2.34. The van der Waals surface area contributed by atoms with E-state index in [1.54, 1.807) is 0 Å². The molecule has 0 saturated heterocycles. The van der Waals surface area contributed by atoms with Crippen LogP contribution in [0.3, 0.4) is 0 Å². The zero-order valence-corrected chi connectivity index (χ0v) is 8.58. The van der Waals surface area contributed by atoms with Crippen molar-refractivity contribution in [3.63, 3.8) is 0 Å². The lowest BCUT2D eigenvalue weighted by atomic mass is 10.1. The molecule has 1 aromatic rings. The summed E-state index contributed by atoms with van der Waals surface area (Å²) < 4.78 is 11.1. The van der Waals surface area contributed by atoms with E-state index in [0.717, 1.165) is 17.9 Å². The van der Waals surface area contributed by atoms with Gasteiger partial charge in [-0.15, -0.1) is 0 Å². The number of hydrogen-bond acceptors (Lipinski definition) is 2. The maximum absolute atomic E-state index is 5.63. The Morgan fingerprint density at radius 1 is 1.21 bits per heavy atom. The van der Waals surface area contributed by atoms with E-state index >= 15 is 0 Å². The topological polar surface area (TPSA) is 18.5 Å². The molecule has 0 fully saturated rings. The zero-order valence-electron chi connectivity index (χ0n) is 8.58. The Kier molecular flexibility index (Phi) is 2.92. The van der Waals surface area contributed by atoms with Crippen molar-refractivity contribution in [1.82, 2.24) is 0 Å². The number of hydrogen-bond donors (Lipinski definition) is 0. The SMILES string of the molecule is CCCCc1cccc2c1OCCO2. The summed E-state index contributed by atoms with van der Waals surface area (Å²) in [4.78, 5) is 0. The van der Waals surface area contributed by atoms with Gasteiger partial charge in [0.2, 0.25) is 0 Å². The Morgan fingerprint density at radius 3 is 2.93 bits per heavy atom. The second-order valence-electron chi connectivity index (χ2n) is 3.54. The summed E-state index contributed by atoms with van der Waals surface area (Å²) in [6.07, 6.45) is 3.51. The molecule has 0 amide bonds. The van der Waals surface area contributed by atoms with Gasteiger partial charge in [-0.2, -0.15) is 0 Å². The minimum atomic E-state index is 0.671. The Labute approximate surface area is 84.8 Å². The molecule has 76 valence electrons. The van der Waals surface area contributed by atoms with Crippen molar-refractivity contribution in [2.45, 2.75) is 26.2 Å². The molecule has 1 aliphatic heterocycles. The van der Waals surface area contributed by atoms with Gasteiger partial charge in [0.25, 0.3) is 0 Å². The molecule has 14 heavy (non-hydrogen) atoms. The summed E-state index contributed by atoms with van der Waals surface area (Å²) in [5.74, 6) is 1.87. The van der Waals surface area contributed by atoms with Crippen molar-refractivity contribution in [3.05, 3.63) is 23.8 Å². The number of fused-ring (bicyclic) bond motifs is 1. The monoisotopic (exact) mass is 192 g/mol. The minimum absolute atomic E-state index is 0.671. The summed E-state index contributed by atoms with van der Waals surface area (Å²) in [6.45, 7) is 3.55. The van der Waals surface area contributed by atoms with E-state index in [1.807, 2.05) is 12.1 Å². The van der Waals surface area contributed by atoms with Gasteiger partial charge in [-0.25, -0.2) is 0 Å². The third kappa shape index (κ3) is 1.84. The van der Waals surface area contributed by atoms with Crippen LogP contribution in [-0.4, -0.2) is 13.2 Å². The first kappa shape index (κ1) is 9.38. The molecule has 1 aliphatic rings. The zero-order chi connectivity index (χ0) is 9.80. The van der Waals surface area contributed by atoms with Gasteiger partial charge in [-0.05, 0) is 24.5 Å². The maximum atomic E-state index is 5.63. The highest BCUT2D eigenvalue weighted by Gasteiger charge is 2.14. The van der Waals surface area contributed by atoms with Gasteiger partial charge in [-0.1, -0.05) is 25.5 Å². The molecule has 0 spiro atoms. The van der Waals surface area contributed by atoms with E-state index in [1.165, 1.54) is 18.4 Å². The molecule has 0 N–H and O–H groups in total. The van der Waals surface area contributed by atoms with Gasteiger partial charge in [0.1, 0.15) is 13.2 Å². The average Bonchev–Trinajstić information content (AvgIpc) is 2.26. The van der Waals surface area contributed by atoms with E-state index in [9.17, 15) is 0 Å². The maximum Gasteiger partial charge on any atom is 0.164 e. The second-order valence-corrected chi connectivity index (χ2v) is 3.54. The van der Waals surface area contributed by atoms with Gasteiger partial charge in [-0.3, -0.25) is 0 Å². The molecule has 1 aromatic carbocycles. The van der Waals surface area contributed by atoms with E-state index in [-0.39, 0.29) is 0 Å². The number of benzene rings is 1. The molecule has 2 nitrogen and oxygen atoms in total. The van der Waals surface area contributed by atoms with Crippen LogP contribution in [0.5, 0.6) is 11.5 Å². The first-order valence-corrected chi connectivity index (χ1v) is 5.29. The molecule has 0 atom stereocenters. The fourth-order valence-corrected chi connectivity index (χ4v) is 1.70. The van der Waals surface area contributed by atoms with Crippen LogP contribution in [0, 0.1) is 0 Å². The van der Waals surface area contributed by atoms with Gasteiger partial charge in [0.05, 0.1) is 0 Å². The van der Waals surface area contributed by atoms with Crippen molar-refractivity contribution in [2.24, 2.45) is 0 Å². The van der Waals surface area contributed by atoms with E-state index < -0.39 is 0 Å². The van der Waals surface area contributed by atoms with Gasteiger partial charge >= 0.3 is 0 Å². The van der Waals surface area contributed by atoms with Crippen LogP contribution in [0.1, 0.15) is 25.3 Å². The van der Waals surface area contributed by atoms with Crippen LogP contribution >= 0.6 is 0 Å². The molecular formula is C12H16O2. The molecule has 0 bridgehead atoms. The van der Waals surface area contributed by atoms with E-state index in [2.05, 4.69) is 13.0 Å². The molecule has 0 unspecified atom stereocenters. The summed E-state index contributed by atoms with van der Waals surface area (Å²) in [5.41, 5.74) is 1.28. The average molecular weight is 192 g/mol. The lowest BCUT2D eigenvalue weighted by Gasteiger charge is -2.20. The van der Waals surface area contributed by atoms with Crippen molar-refractivity contribution in [2.75, 3.05) is 13.2 Å². The van der Waals surface area contributed by atoms with Crippen LogP contribution in [0.15, 0.2) is 18.2 Å². The molecular weight excluding hydrogens is 176 g/mol. The fourth-order valence-electron chi connectivity index (χ4n) is 1.70.